The minimum atomic E-state index is -4.50. The van der Waals surface area contributed by atoms with E-state index in [4.69, 9.17) is 11.6 Å². The van der Waals surface area contributed by atoms with Crippen LogP contribution in [0.5, 0.6) is 0 Å². The zero-order valence-electron chi connectivity index (χ0n) is 7.04. The van der Waals surface area contributed by atoms with Crippen molar-refractivity contribution in [1.29, 1.82) is 0 Å². The number of halogens is 5. The minimum absolute atomic E-state index is 0.183. The summed E-state index contributed by atoms with van der Waals surface area (Å²) in [6.07, 6.45) is -4.27. The molecule has 0 unspecified atom stereocenters. The van der Waals surface area contributed by atoms with Crippen LogP contribution in [0.1, 0.15) is 11.1 Å². The van der Waals surface area contributed by atoms with Gasteiger partial charge >= 0.3 is 6.18 Å². The summed E-state index contributed by atoms with van der Waals surface area (Å²) in [5.41, 5.74) is -0.777. The normalized spacial score (nSPS) is 11.8. The molecular formula is C9H7ClF4. The third kappa shape index (κ3) is 2.61. The topological polar surface area (TPSA) is 0 Å². The standard InChI is InChI=1S/C9H7ClF4/c10-4-3-6-1-2-7(5-8(6)11)9(12,13)14/h1-2,5H,3-4H2. The fourth-order valence-corrected chi connectivity index (χ4v) is 1.23. The van der Waals surface area contributed by atoms with Gasteiger partial charge < -0.3 is 0 Å². The third-order valence-electron chi connectivity index (χ3n) is 1.74. The molecule has 0 aliphatic carbocycles. The van der Waals surface area contributed by atoms with Gasteiger partial charge in [-0.15, -0.1) is 11.6 Å². The number of hydrogen-bond acceptors (Lipinski definition) is 0. The van der Waals surface area contributed by atoms with Crippen LogP contribution in [0.3, 0.4) is 0 Å². The zero-order valence-corrected chi connectivity index (χ0v) is 7.79. The molecule has 0 radical (unpaired) electrons. The number of hydrogen-bond donors (Lipinski definition) is 0. The predicted molar refractivity (Wildman–Crippen MR) is 45.8 cm³/mol. The Hall–Kier alpha value is -0.770. The van der Waals surface area contributed by atoms with E-state index in [2.05, 4.69) is 0 Å². The van der Waals surface area contributed by atoms with Crippen LogP contribution in [0.15, 0.2) is 18.2 Å². The highest BCUT2D eigenvalue weighted by molar-refractivity contribution is 6.17. The van der Waals surface area contributed by atoms with Crippen LogP contribution in [-0.2, 0) is 12.6 Å². The van der Waals surface area contributed by atoms with Crippen LogP contribution < -0.4 is 0 Å². The molecule has 14 heavy (non-hydrogen) atoms. The average molecular weight is 227 g/mol. The molecule has 5 heteroatoms. The fraction of sp³-hybridized carbons (Fsp3) is 0.333. The molecule has 0 saturated carbocycles. The summed E-state index contributed by atoms with van der Waals surface area (Å²) in [6, 6.07) is 2.45. The summed E-state index contributed by atoms with van der Waals surface area (Å²) in [5.74, 6) is -0.678. The molecule has 1 aromatic carbocycles. The highest BCUT2D eigenvalue weighted by Crippen LogP contribution is 2.30. The van der Waals surface area contributed by atoms with Gasteiger partial charge in [0.1, 0.15) is 5.82 Å². The van der Waals surface area contributed by atoms with E-state index in [9.17, 15) is 17.6 Å². The van der Waals surface area contributed by atoms with Crippen molar-refractivity contribution in [2.75, 3.05) is 5.88 Å². The first-order chi connectivity index (χ1) is 6.45. The molecule has 0 aliphatic rings. The molecule has 1 aromatic rings. The first-order valence-electron chi connectivity index (χ1n) is 3.86. The second kappa shape index (κ2) is 4.17. The summed E-state index contributed by atoms with van der Waals surface area (Å²) < 4.78 is 49.3. The molecule has 0 bridgehead atoms. The van der Waals surface area contributed by atoms with Crippen LogP contribution in [0.2, 0.25) is 0 Å². The molecule has 78 valence electrons. The first kappa shape index (κ1) is 11.3. The van der Waals surface area contributed by atoms with Gasteiger partial charge in [0, 0.05) is 5.88 Å². The summed E-state index contributed by atoms with van der Waals surface area (Å²) >= 11 is 5.35. The van der Waals surface area contributed by atoms with Gasteiger partial charge in [0.2, 0.25) is 0 Å². The molecule has 0 atom stereocenters. The van der Waals surface area contributed by atoms with Crippen LogP contribution in [0.25, 0.3) is 0 Å². The van der Waals surface area contributed by atoms with E-state index in [1.807, 2.05) is 0 Å². The van der Waals surface area contributed by atoms with Gasteiger partial charge in [-0.2, -0.15) is 13.2 Å². The van der Waals surface area contributed by atoms with Gasteiger partial charge in [-0.05, 0) is 24.1 Å². The molecule has 0 aromatic heterocycles. The molecule has 0 N–H and O–H groups in total. The van der Waals surface area contributed by atoms with Crippen molar-refractivity contribution in [3.8, 4) is 0 Å². The Morgan fingerprint density at radius 1 is 1.21 bits per heavy atom. The summed E-state index contributed by atoms with van der Waals surface area (Å²) in [5, 5.41) is 0. The van der Waals surface area contributed by atoms with Crippen molar-refractivity contribution < 1.29 is 17.6 Å². The van der Waals surface area contributed by atoms with E-state index < -0.39 is 17.6 Å². The van der Waals surface area contributed by atoms with E-state index in [0.717, 1.165) is 12.1 Å². The lowest BCUT2D eigenvalue weighted by molar-refractivity contribution is -0.137. The van der Waals surface area contributed by atoms with Gasteiger partial charge in [0.15, 0.2) is 0 Å². The Labute approximate surface area is 83.5 Å². The minimum Gasteiger partial charge on any atom is -0.207 e. The molecule has 0 amide bonds. The Morgan fingerprint density at radius 2 is 1.86 bits per heavy atom. The molecule has 0 aliphatic heterocycles. The smallest absolute Gasteiger partial charge is 0.207 e. The monoisotopic (exact) mass is 226 g/mol. The van der Waals surface area contributed by atoms with Crippen molar-refractivity contribution in [3.05, 3.63) is 35.1 Å². The van der Waals surface area contributed by atoms with Crippen LogP contribution in [0.4, 0.5) is 17.6 Å². The van der Waals surface area contributed by atoms with Crippen molar-refractivity contribution in [1.82, 2.24) is 0 Å². The van der Waals surface area contributed by atoms with Crippen molar-refractivity contribution in [2.45, 2.75) is 12.6 Å². The van der Waals surface area contributed by atoms with Crippen molar-refractivity contribution >= 4 is 11.6 Å². The van der Waals surface area contributed by atoms with E-state index in [0.29, 0.717) is 6.07 Å². The predicted octanol–water partition coefficient (Wildman–Crippen LogP) is 3.63. The molecular weight excluding hydrogens is 220 g/mol. The molecule has 0 heterocycles. The van der Waals surface area contributed by atoms with Gasteiger partial charge in [0.05, 0.1) is 5.56 Å². The number of alkyl halides is 4. The second-order valence-corrected chi connectivity index (χ2v) is 3.12. The fourth-order valence-electron chi connectivity index (χ4n) is 1.03. The summed E-state index contributed by atoms with van der Waals surface area (Å²) in [7, 11) is 0. The molecule has 0 fully saturated rings. The number of benzene rings is 1. The number of aryl methyl sites for hydroxylation is 1. The first-order valence-corrected chi connectivity index (χ1v) is 4.40. The van der Waals surface area contributed by atoms with Crippen molar-refractivity contribution in [2.24, 2.45) is 0 Å². The largest absolute Gasteiger partial charge is 0.416 e. The van der Waals surface area contributed by atoms with E-state index in [-0.39, 0.29) is 17.9 Å². The highest BCUT2D eigenvalue weighted by atomic mass is 35.5. The highest BCUT2D eigenvalue weighted by Gasteiger charge is 2.30. The molecule has 0 spiro atoms. The summed E-state index contributed by atoms with van der Waals surface area (Å²) in [6.45, 7) is 0. The van der Waals surface area contributed by atoms with Crippen LogP contribution >= 0.6 is 11.6 Å². The van der Waals surface area contributed by atoms with Crippen molar-refractivity contribution in [3.63, 3.8) is 0 Å². The number of rotatable bonds is 2. The lowest BCUT2D eigenvalue weighted by atomic mass is 10.1. The lowest BCUT2D eigenvalue weighted by Crippen LogP contribution is -2.06. The zero-order chi connectivity index (χ0) is 10.8. The summed E-state index contributed by atoms with van der Waals surface area (Å²) in [4.78, 5) is 0. The Kier molecular flexibility index (Phi) is 3.37. The molecule has 1 rings (SSSR count). The van der Waals surface area contributed by atoms with Gasteiger partial charge in [0.25, 0.3) is 0 Å². The lowest BCUT2D eigenvalue weighted by Gasteiger charge is -2.08. The van der Waals surface area contributed by atoms with Gasteiger partial charge in [-0.1, -0.05) is 6.07 Å². The van der Waals surface area contributed by atoms with Crippen LogP contribution in [0, 0.1) is 5.82 Å². The average Bonchev–Trinajstić information content (AvgIpc) is 2.07. The Morgan fingerprint density at radius 3 is 2.29 bits per heavy atom. The van der Waals surface area contributed by atoms with E-state index >= 15 is 0 Å². The van der Waals surface area contributed by atoms with Gasteiger partial charge in [-0.25, -0.2) is 4.39 Å². The second-order valence-electron chi connectivity index (χ2n) is 2.74. The Balaban J connectivity index is 3.01. The molecule has 0 nitrogen and oxygen atoms in total. The maximum absolute atomic E-state index is 13.0. The van der Waals surface area contributed by atoms with E-state index in [1.54, 1.807) is 0 Å². The quantitative estimate of drug-likeness (QED) is 0.534. The maximum atomic E-state index is 13.0. The maximum Gasteiger partial charge on any atom is 0.416 e. The SMILES string of the molecule is Fc1cc(C(F)(F)F)ccc1CCCl. The Bertz CT molecular complexity index is 319. The molecule has 0 saturated heterocycles. The van der Waals surface area contributed by atoms with E-state index in [1.165, 1.54) is 0 Å². The third-order valence-corrected chi connectivity index (χ3v) is 1.93. The van der Waals surface area contributed by atoms with Crippen LogP contribution in [-0.4, -0.2) is 5.88 Å². The van der Waals surface area contributed by atoms with Gasteiger partial charge in [-0.3, -0.25) is 0 Å².